The van der Waals surface area contributed by atoms with Crippen molar-refractivity contribution < 1.29 is 17.9 Å². The molecule has 2 rings (SSSR count). The monoisotopic (exact) mass is 376 g/mol. The summed E-state index contributed by atoms with van der Waals surface area (Å²) in [5.74, 6) is 0.137. The molecule has 0 aliphatic rings. The minimum absolute atomic E-state index is 0.324. The van der Waals surface area contributed by atoms with E-state index in [2.05, 4.69) is 5.32 Å². The van der Waals surface area contributed by atoms with E-state index in [9.17, 15) is 13.2 Å². The lowest BCUT2D eigenvalue weighted by molar-refractivity contribution is -0.117. The zero-order valence-electron chi connectivity index (χ0n) is 15.2. The Morgan fingerprint density at radius 3 is 2.27 bits per heavy atom. The number of carbonyl (C=O) groups is 1. The highest BCUT2D eigenvalue weighted by molar-refractivity contribution is 7.92. The van der Waals surface area contributed by atoms with E-state index in [4.69, 9.17) is 4.74 Å². The number of hydrogen-bond donors (Lipinski definition) is 1. The first-order valence-corrected chi connectivity index (χ1v) is 10.3. The van der Waals surface area contributed by atoms with E-state index in [0.29, 0.717) is 30.2 Å². The molecule has 0 aromatic heterocycles. The van der Waals surface area contributed by atoms with Crippen LogP contribution in [0, 0.1) is 0 Å². The number of anilines is 2. The summed E-state index contributed by atoms with van der Waals surface area (Å²) in [5, 5.41) is 2.80. The van der Waals surface area contributed by atoms with Gasteiger partial charge in [-0.15, -0.1) is 0 Å². The van der Waals surface area contributed by atoms with E-state index in [0.717, 1.165) is 10.6 Å². The minimum Gasteiger partial charge on any atom is -0.492 e. The van der Waals surface area contributed by atoms with Crippen molar-refractivity contribution >= 4 is 27.3 Å². The van der Waals surface area contributed by atoms with Crippen LogP contribution in [0.1, 0.15) is 20.3 Å². The van der Waals surface area contributed by atoms with Crippen LogP contribution in [0.25, 0.3) is 0 Å². The second-order valence-corrected chi connectivity index (χ2v) is 7.60. The van der Waals surface area contributed by atoms with E-state index >= 15 is 0 Å². The van der Waals surface area contributed by atoms with E-state index in [1.807, 2.05) is 13.0 Å². The molecule has 26 heavy (non-hydrogen) atoms. The van der Waals surface area contributed by atoms with Gasteiger partial charge in [-0.05, 0) is 37.6 Å². The summed E-state index contributed by atoms with van der Waals surface area (Å²) in [6.07, 6.45) is 1.43. The molecule has 0 saturated carbocycles. The molecule has 0 heterocycles. The summed E-state index contributed by atoms with van der Waals surface area (Å²) >= 11 is 0. The third kappa shape index (κ3) is 4.76. The van der Waals surface area contributed by atoms with Gasteiger partial charge < -0.3 is 10.1 Å². The Hall–Kier alpha value is -2.54. The molecule has 0 bridgehead atoms. The maximum Gasteiger partial charge on any atom is 0.248 e. The quantitative estimate of drug-likeness (QED) is 0.767. The molecule has 140 valence electrons. The molecule has 1 atom stereocenters. The molecule has 0 aliphatic heterocycles. The number of nitrogens with zero attached hydrogens (tertiary/aromatic N) is 1. The first-order valence-electron chi connectivity index (χ1n) is 8.45. The maximum atomic E-state index is 12.9. The van der Waals surface area contributed by atoms with Gasteiger partial charge in [0.25, 0.3) is 0 Å². The zero-order valence-corrected chi connectivity index (χ0v) is 16.0. The van der Waals surface area contributed by atoms with Gasteiger partial charge in [0, 0.05) is 0 Å². The average molecular weight is 376 g/mol. The van der Waals surface area contributed by atoms with Crippen LogP contribution in [-0.4, -0.2) is 33.2 Å². The summed E-state index contributed by atoms with van der Waals surface area (Å²) in [5.41, 5.74) is 0.967. The van der Waals surface area contributed by atoms with Gasteiger partial charge >= 0.3 is 0 Å². The number of sulfonamides is 1. The van der Waals surface area contributed by atoms with Crippen molar-refractivity contribution in [1.29, 1.82) is 0 Å². The zero-order chi connectivity index (χ0) is 19.2. The molecule has 0 spiro atoms. The van der Waals surface area contributed by atoms with Crippen molar-refractivity contribution in [2.75, 3.05) is 22.5 Å². The topological polar surface area (TPSA) is 75.7 Å². The third-order valence-electron chi connectivity index (χ3n) is 3.79. The second-order valence-electron chi connectivity index (χ2n) is 5.74. The molecule has 1 unspecified atom stereocenters. The highest BCUT2D eigenvalue weighted by Gasteiger charge is 2.31. The lowest BCUT2D eigenvalue weighted by Gasteiger charge is -2.30. The van der Waals surface area contributed by atoms with Crippen LogP contribution in [0.4, 0.5) is 11.4 Å². The van der Waals surface area contributed by atoms with Gasteiger partial charge in [0.05, 0.1) is 24.2 Å². The number of para-hydroxylation sites is 3. The summed E-state index contributed by atoms with van der Waals surface area (Å²) in [7, 11) is -3.65. The van der Waals surface area contributed by atoms with Crippen LogP contribution in [-0.2, 0) is 14.8 Å². The standard InChI is InChI=1S/C19H24N2O4S/c1-4-17(21(26(3,23)24)15-11-7-6-8-12-15)19(22)20-16-13-9-10-14-18(16)25-5-2/h6-14,17H,4-5H2,1-3H3,(H,20,22). The molecule has 1 amide bonds. The van der Waals surface area contributed by atoms with Gasteiger partial charge in [-0.25, -0.2) is 8.42 Å². The summed E-state index contributed by atoms with van der Waals surface area (Å²) in [6.45, 7) is 4.09. The van der Waals surface area contributed by atoms with Crippen LogP contribution in [0.2, 0.25) is 0 Å². The molecule has 2 aromatic rings. The fourth-order valence-electron chi connectivity index (χ4n) is 2.70. The molecular formula is C19H24N2O4S. The summed E-state index contributed by atoms with van der Waals surface area (Å²) in [4.78, 5) is 12.9. The number of carbonyl (C=O) groups excluding carboxylic acids is 1. The fourth-order valence-corrected chi connectivity index (χ4v) is 3.91. The normalized spacial score (nSPS) is 12.3. The van der Waals surface area contributed by atoms with Crippen molar-refractivity contribution in [2.24, 2.45) is 0 Å². The smallest absolute Gasteiger partial charge is 0.248 e. The number of amides is 1. The SMILES string of the molecule is CCOc1ccccc1NC(=O)C(CC)N(c1ccccc1)S(C)(=O)=O. The lowest BCUT2D eigenvalue weighted by atomic mass is 10.1. The van der Waals surface area contributed by atoms with Crippen molar-refractivity contribution in [3.8, 4) is 5.75 Å². The van der Waals surface area contributed by atoms with Gasteiger partial charge in [-0.3, -0.25) is 9.10 Å². The predicted molar refractivity (Wildman–Crippen MR) is 104 cm³/mol. The Morgan fingerprint density at radius 2 is 1.69 bits per heavy atom. The Labute approximate surface area is 154 Å². The van der Waals surface area contributed by atoms with E-state index in [1.54, 1.807) is 55.5 Å². The lowest BCUT2D eigenvalue weighted by Crippen LogP contribution is -2.47. The number of benzene rings is 2. The number of rotatable bonds is 8. The van der Waals surface area contributed by atoms with E-state index in [-0.39, 0.29) is 0 Å². The molecule has 2 aromatic carbocycles. The molecule has 0 radical (unpaired) electrons. The van der Waals surface area contributed by atoms with E-state index < -0.39 is 22.0 Å². The average Bonchev–Trinajstić information content (AvgIpc) is 2.61. The van der Waals surface area contributed by atoms with Crippen molar-refractivity contribution in [2.45, 2.75) is 26.3 Å². The Bertz CT molecular complexity index is 838. The summed E-state index contributed by atoms with van der Waals surface area (Å²) < 4.78 is 31.4. The van der Waals surface area contributed by atoms with Gasteiger partial charge in [0.1, 0.15) is 11.8 Å². The van der Waals surface area contributed by atoms with Crippen LogP contribution in [0.3, 0.4) is 0 Å². The van der Waals surface area contributed by atoms with E-state index in [1.165, 1.54) is 0 Å². The van der Waals surface area contributed by atoms with Crippen molar-refractivity contribution in [1.82, 2.24) is 0 Å². The Balaban J connectivity index is 2.35. The molecule has 6 nitrogen and oxygen atoms in total. The van der Waals surface area contributed by atoms with Crippen LogP contribution in [0.5, 0.6) is 5.75 Å². The molecule has 0 saturated heterocycles. The highest BCUT2D eigenvalue weighted by atomic mass is 32.2. The Morgan fingerprint density at radius 1 is 1.08 bits per heavy atom. The molecule has 0 aliphatic carbocycles. The largest absolute Gasteiger partial charge is 0.492 e. The van der Waals surface area contributed by atoms with Crippen LogP contribution < -0.4 is 14.4 Å². The molecule has 7 heteroatoms. The van der Waals surface area contributed by atoms with Gasteiger partial charge in [-0.1, -0.05) is 37.3 Å². The first kappa shape index (κ1) is 19.8. The number of nitrogens with one attached hydrogen (secondary N) is 1. The van der Waals surface area contributed by atoms with Gasteiger partial charge in [-0.2, -0.15) is 0 Å². The second kappa shape index (κ2) is 8.71. The van der Waals surface area contributed by atoms with Crippen molar-refractivity contribution in [3.63, 3.8) is 0 Å². The fraction of sp³-hybridized carbons (Fsp3) is 0.316. The van der Waals surface area contributed by atoms with Crippen LogP contribution in [0.15, 0.2) is 54.6 Å². The van der Waals surface area contributed by atoms with Gasteiger partial charge in [0.2, 0.25) is 15.9 Å². The molecular weight excluding hydrogens is 352 g/mol. The summed E-state index contributed by atoms with van der Waals surface area (Å²) in [6, 6.07) is 14.8. The Kier molecular flexibility index (Phi) is 6.63. The van der Waals surface area contributed by atoms with Crippen LogP contribution >= 0.6 is 0 Å². The number of hydrogen-bond acceptors (Lipinski definition) is 4. The third-order valence-corrected chi connectivity index (χ3v) is 4.97. The molecule has 1 N–H and O–H groups in total. The minimum atomic E-state index is -3.65. The van der Waals surface area contributed by atoms with Gasteiger partial charge in [0.15, 0.2) is 0 Å². The first-order chi connectivity index (χ1) is 12.4. The predicted octanol–water partition coefficient (Wildman–Crippen LogP) is 3.27. The maximum absolute atomic E-state index is 12.9. The molecule has 0 fully saturated rings. The number of ether oxygens (including phenoxy) is 1. The highest BCUT2D eigenvalue weighted by Crippen LogP contribution is 2.26. The van der Waals surface area contributed by atoms with Crippen molar-refractivity contribution in [3.05, 3.63) is 54.6 Å².